The molecule has 0 aliphatic rings. The SMILES string of the molecule is CCC(C)(O)P(=O)(O)OC(C)CCO[C@H]([C@H](O)CO)n1cnc2c(N)[n+](O)cnc21. The van der Waals surface area contributed by atoms with Crippen LogP contribution in [-0.4, -0.2) is 70.7 Å². The molecular formula is C16H29N5O8P+. The van der Waals surface area contributed by atoms with E-state index in [0.29, 0.717) is 4.73 Å². The van der Waals surface area contributed by atoms with Gasteiger partial charge in [0.05, 0.1) is 19.3 Å². The van der Waals surface area contributed by atoms with Crippen LogP contribution in [0.1, 0.15) is 39.8 Å². The summed E-state index contributed by atoms with van der Waals surface area (Å²) in [5.74, 6) is -0.0697. The quantitative estimate of drug-likeness (QED) is 0.147. The summed E-state index contributed by atoms with van der Waals surface area (Å²) >= 11 is 0. The normalized spacial score (nSPS) is 19.2. The van der Waals surface area contributed by atoms with Gasteiger partial charge < -0.3 is 40.4 Å². The number of rotatable bonds is 11. The third kappa shape index (κ3) is 5.06. The number of hydrogen-bond acceptors (Lipinski definition) is 10. The fourth-order valence-corrected chi connectivity index (χ4v) is 3.78. The monoisotopic (exact) mass is 450 g/mol. The molecule has 0 spiro atoms. The molecule has 0 radical (unpaired) electrons. The summed E-state index contributed by atoms with van der Waals surface area (Å²) in [5.41, 5.74) is 6.11. The predicted octanol–water partition coefficient (Wildman–Crippen LogP) is -0.494. The molecule has 0 amide bonds. The number of hydrogen-bond donors (Lipinski definition) is 6. The number of aliphatic hydroxyl groups excluding tert-OH is 2. The molecule has 0 aliphatic carbocycles. The molecule has 5 atom stereocenters. The van der Waals surface area contributed by atoms with Gasteiger partial charge in [0.25, 0.3) is 12.1 Å². The van der Waals surface area contributed by atoms with E-state index in [-0.39, 0.29) is 36.4 Å². The van der Waals surface area contributed by atoms with Crippen LogP contribution in [0.5, 0.6) is 0 Å². The van der Waals surface area contributed by atoms with Crippen molar-refractivity contribution in [3.8, 4) is 0 Å². The first kappa shape index (κ1) is 24.4. The Kier molecular flexibility index (Phi) is 7.74. The van der Waals surface area contributed by atoms with Crippen molar-refractivity contribution in [2.24, 2.45) is 0 Å². The minimum atomic E-state index is -4.29. The van der Waals surface area contributed by atoms with Crippen LogP contribution in [0.2, 0.25) is 0 Å². The van der Waals surface area contributed by atoms with E-state index in [2.05, 4.69) is 9.97 Å². The average Bonchev–Trinajstić information content (AvgIpc) is 3.11. The van der Waals surface area contributed by atoms with E-state index >= 15 is 0 Å². The molecule has 2 aromatic heterocycles. The molecule has 0 fully saturated rings. The molecule has 0 aliphatic heterocycles. The summed E-state index contributed by atoms with van der Waals surface area (Å²) in [6, 6.07) is 0. The Hall–Kier alpha value is -1.86. The summed E-state index contributed by atoms with van der Waals surface area (Å²) in [5, 5.41) is 37.3. The second kappa shape index (κ2) is 9.52. The van der Waals surface area contributed by atoms with Gasteiger partial charge >= 0.3 is 7.60 Å². The second-order valence-corrected chi connectivity index (χ2v) is 9.32. The zero-order valence-electron chi connectivity index (χ0n) is 17.0. The highest BCUT2D eigenvalue weighted by Gasteiger charge is 2.42. The van der Waals surface area contributed by atoms with Gasteiger partial charge in [0.1, 0.15) is 12.4 Å². The lowest BCUT2D eigenvalue weighted by atomic mass is 10.3. The molecule has 13 nitrogen and oxygen atoms in total. The first-order valence-corrected chi connectivity index (χ1v) is 10.9. The molecule has 2 heterocycles. The zero-order valence-corrected chi connectivity index (χ0v) is 17.9. The van der Waals surface area contributed by atoms with Crippen molar-refractivity contribution in [3.63, 3.8) is 0 Å². The lowest BCUT2D eigenvalue weighted by molar-refractivity contribution is -0.894. The summed E-state index contributed by atoms with van der Waals surface area (Å²) in [7, 11) is -4.29. The van der Waals surface area contributed by atoms with Crippen LogP contribution in [0.4, 0.5) is 5.82 Å². The molecule has 14 heteroatoms. The Morgan fingerprint density at radius 3 is 2.70 bits per heavy atom. The standard InChI is InChI=1S/C16H28N5O8P/c1-4-16(3,24)30(26,27)29-10(2)5-6-28-15(11(23)7-22)20-8-18-12-13(17)21(25)9-19-14(12)20/h8-11,15,17,22-25H,4-7H2,1-3H3,(H,26,27)/p+1/t10?,11-,15-,16?/m1/s1. The molecule has 0 aromatic carbocycles. The number of aliphatic hydroxyl groups is 3. The number of nitrogens with two attached hydrogens (primary N) is 1. The van der Waals surface area contributed by atoms with E-state index in [4.69, 9.17) is 15.0 Å². The number of anilines is 1. The third-order valence-corrected chi connectivity index (χ3v) is 6.93. The lowest BCUT2D eigenvalue weighted by Crippen LogP contribution is -2.35. The minimum absolute atomic E-state index is 0.0286. The van der Waals surface area contributed by atoms with E-state index in [1.54, 1.807) is 13.8 Å². The van der Waals surface area contributed by atoms with Gasteiger partial charge in [-0.25, -0.2) is 4.98 Å². The molecule has 0 saturated heterocycles. The van der Waals surface area contributed by atoms with Gasteiger partial charge in [0.15, 0.2) is 11.6 Å². The topological polar surface area (TPSA) is 197 Å². The summed E-state index contributed by atoms with van der Waals surface area (Å²) in [6.07, 6.45) is -0.664. The van der Waals surface area contributed by atoms with E-state index in [9.17, 15) is 30.0 Å². The number of nitrogen functional groups attached to an aromatic ring is 1. The first-order chi connectivity index (χ1) is 13.9. The Morgan fingerprint density at radius 2 is 2.10 bits per heavy atom. The maximum absolute atomic E-state index is 12.2. The minimum Gasteiger partial charge on any atom is -0.394 e. The van der Waals surface area contributed by atoms with Crippen molar-refractivity contribution < 1.29 is 44.0 Å². The second-order valence-electron chi connectivity index (χ2n) is 7.11. The van der Waals surface area contributed by atoms with Gasteiger partial charge in [-0.2, -0.15) is 0 Å². The third-order valence-electron chi connectivity index (χ3n) is 4.75. The Labute approximate surface area is 172 Å². The highest BCUT2D eigenvalue weighted by molar-refractivity contribution is 7.54. The van der Waals surface area contributed by atoms with Gasteiger partial charge in [-0.3, -0.25) is 9.13 Å². The highest BCUT2D eigenvalue weighted by atomic mass is 31.2. The van der Waals surface area contributed by atoms with Crippen LogP contribution in [-0.2, 0) is 13.8 Å². The lowest BCUT2D eigenvalue weighted by Gasteiger charge is -2.29. The molecule has 0 bridgehead atoms. The molecule has 2 aromatic rings. The highest BCUT2D eigenvalue weighted by Crippen LogP contribution is 2.56. The molecule has 2 rings (SSSR count). The smallest absolute Gasteiger partial charge is 0.359 e. The van der Waals surface area contributed by atoms with E-state index in [1.165, 1.54) is 17.8 Å². The molecule has 7 N–H and O–H groups in total. The number of nitrogens with zero attached hydrogens (tertiary/aromatic N) is 4. The van der Waals surface area contributed by atoms with Crippen molar-refractivity contribution in [3.05, 3.63) is 12.7 Å². The first-order valence-electron chi connectivity index (χ1n) is 9.31. The maximum Gasteiger partial charge on any atom is 0.359 e. The van der Waals surface area contributed by atoms with Crippen molar-refractivity contribution >= 4 is 24.6 Å². The van der Waals surface area contributed by atoms with Gasteiger partial charge in [-0.15, -0.1) is 0 Å². The van der Waals surface area contributed by atoms with E-state index < -0.39 is 38.0 Å². The van der Waals surface area contributed by atoms with Crippen LogP contribution in [0.25, 0.3) is 11.2 Å². The summed E-state index contributed by atoms with van der Waals surface area (Å²) < 4.78 is 25.0. The molecule has 30 heavy (non-hydrogen) atoms. The number of ether oxygens (including phenoxy) is 1. The van der Waals surface area contributed by atoms with Crippen molar-refractivity contribution in [1.82, 2.24) is 14.5 Å². The molecule has 170 valence electrons. The van der Waals surface area contributed by atoms with Gasteiger partial charge in [0.2, 0.25) is 11.2 Å². The van der Waals surface area contributed by atoms with Crippen molar-refractivity contribution in [2.45, 2.75) is 57.4 Å². The Bertz CT molecular complexity index is 907. The zero-order chi connectivity index (χ0) is 22.7. The van der Waals surface area contributed by atoms with Crippen molar-refractivity contribution in [1.29, 1.82) is 0 Å². The molecule has 0 saturated carbocycles. The van der Waals surface area contributed by atoms with Gasteiger partial charge in [-0.05, 0) is 26.7 Å². The predicted molar refractivity (Wildman–Crippen MR) is 103 cm³/mol. The number of aromatic nitrogens is 4. The number of fused-ring (bicyclic) bond motifs is 1. The van der Waals surface area contributed by atoms with Crippen LogP contribution in [0.3, 0.4) is 0 Å². The van der Waals surface area contributed by atoms with Gasteiger partial charge in [-0.1, -0.05) is 16.6 Å². The fourth-order valence-electron chi connectivity index (χ4n) is 2.56. The molecular weight excluding hydrogens is 421 g/mol. The van der Waals surface area contributed by atoms with E-state index in [0.717, 1.165) is 6.33 Å². The molecule has 3 unspecified atom stereocenters. The van der Waals surface area contributed by atoms with Crippen molar-refractivity contribution in [2.75, 3.05) is 18.9 Å². The average molecular weight is 450 g/mol. The van der Waals surface area contributed by atoms with Crippen LogP contribution >= 0.6 is 7.60 Å². The van der Waals surface area contributed by atoms with Crippen LogP contribution in [0, 0.1) is 0 Å². The fraction of sp³-hybridized carbons (Fsp3) is 0.688. The Balaban J connectivity index is 2.10. The van der Waals surface area contributed by atoms with Crippen LogP contribution in [0.15, 0.2) is 12.7 Å². The van der Waals surface area contributed by atoms with E-state index in [1.807, 2.05) is 0 Å². The summed E-state index contributed by atoms with van der Waals surface area (Å²) in [6.45, 7) is 3.69. The Morgan fingerprint density at radius 1 is 1.43 bits per heavy atom. The maximum atomic E-state index is 12.2. The summed E-state index contributed by atoms with van der Waals surface area (Å²) in [4.78, 5) is 18.0. The van der Waals surface area contributed by atoms with Gasteiger partial charge in [0, 0.05) is 0 Å². The largest absolute Gasteiger partial charge is 0.394 e. The number of imidazole rings is 1. The van der Waals surface area contributed by atoms with Crippen LogP contribution < -0.4 is 10.5 Å².